The van der Waals surface area contributed by atoms with E-state index < -0.39 is 0 Å². The standard InChI is InChI=1S/C18H17N3O/c22-18(14-6-2-1-3-7-14)21-12-5-9-16(21)15-8-4-10-17-19-11-13-20(15)17/h1-4,6-8,10-11,13,16H,5,9,12H2. The number of pyridine rings is 1. The number of likely N-dealkylation sites (tertiary alicyclic amines) is 1. The molecular weight excluding hydrogens is 274 g/mol. The zero-order valence-electron chi connectivity index (χ0n) is 12.2. The van der Waals surface area contributed by atoms with Gasteiger partial charge in [-0.3, -0.25) is 4.79 Å². The molecule has 0 aliphatic carbocycles. The van der Waals surface area contributed by atoms with Crippen molar-refractivity contribution in [2.24, 2.45) is 0 Å². The van der Waals surface area contributed by atoms with Crippen molar-refractivity contribution in [3.63, 3.8) is 0 Å². The molecule has 0 radical (unpaired) electrons. The smallest absolute Gasteiger partial charge is 0.254 e. The molecule has 4 rings (SSSR count). The molecule has 1 amide bonds. The fraction of sp³-hybridized carbons (Fsp3) is 0.222. The van der Waals surface area contributed by atoms with E-state index in [2.05, 4.69) is 15.5 Å². The first-order valence-electron chi connectivity index (χ1n) is 7.62. The second kappa shape index (κ2) is 5.30. The fourth-order valence-electron chi connectivity index (χ4n) is 3.31. The Morgan fingerprint density at radius 3 is 2.82 bits per heavy atom. The Kier molecular flexibility index (Phi) is 3.15. The molecule has 1 aliphatic rings. The molecule has 0 spiro atoms. The van der Waals surface area contributed by atoms with E-state index in [1.54, 1.807) is 6.20 Å². The number of fused-ring (bicyclic) bond motifs is 1. The minimum Gasteiger partial charge on any atom is -0.330 e. The number of rotatable bonds is 2. The molecule has 1 aromatic carbocycles. The predicted molar refractivity (Wildman–Crippen MR) is 84.6 cm³/mol. The van der Waals surface area contributed by atoms with E-state index in [9.17, 15) is 4.79 Å². The van der Waals surface area contributed by atoms with Crippen molar-refractivity contribution in [2.75, 3.05) is 6.54 Å². The van der Waals surface area contributed by atoms with Crippen LogP contribution in [-0.4, -0.2) is 26.7 Å². The third-order valence-corrected chi connectivity index (χ3v) is 4.34. The molecule has 1 aliphatic heterocycles. The highest BCUT2D eigenvalue weighted by Gasteiger charge is 2.31. The third-order valence-electron chi connectivity index (χ3n) is 4.34. The van der Waals surface area contributed by atoms with E-state index in [-0.39, 0.29) is 11.9 Å². The minimum atomic E-state index is 0.111. The monoisotopic (exact) mass is 291 g/mol. The summed E-state index contributed by atoms with van der Waals surface area (Å²) in [6.45, 7) is 0.809. The Hall–Kier alpha value is -2.62. The average Bonchev–Trinajstić information content (AvgIpc) is 3.23. The van der Waals surface area contributed by atoms with Crippen molar-refractivity contribution in [1.82, 2.24) is 14.3 Å². The Balaban J connectivity index is 1.72. The van der Waals surface area contributed by atoms with Crippen molar-refractivity contribution in [3.8, 4) is 0 Å². The first-order valence-corrected chi connectivity index (χ1v) is 7.62. The predicted octanol–water partition coefficient (Wildman–Crippen LogP) is 3.31. The summed E-state index contributed by atoms with van der Waals surface area (Å²) in [5.41, 5.74) is 2.82. The van der Waals surface area contributed by atoms with Crippen LogP contribution in [0, 0.1) is 0 Å². The van der Waals surface area contributed by atoms with E-state index in [1.807, 2.05) is 53.6 Å². The van der Waals surface area contributed by atoms with E-state index in [0.29, 0.717) is 0 Å². The molecule has 110 valence electrons. The summed E-state index contributed by atoms with van der Waals surface area (Å²) in [4.78, 5) is 19.1. The molecule has 2 aromatic heterocycles. The molecule has 22 heavy (non-hydrogen) atoms. The molecule has 3 aromatic rings. The van der Waals surface area contributed by atoms with Crippen molar-refractivity contribution >= 4 is 11.6 Å². The second-order valence-electron chi connectivity index (χ2n) is 5.63. The number of amides is 1. The maximum Gasteiger partial charge on any atom is 0.254 e. The van der Waals surface area contributed by atoms with Gasteiger partial charge in [0.25, 0.3) is 5.91 Å². The zero-order chi connectivity index (χ0) is 14.9. The van der Waals surface area contributed by atoms with Gasteiger partial charge in [0.05, 0.1) is 6.04 Å². The van der Waals surface area contributed by atoms with E-state index in [1.165, 1.54) is 0 Å². The first kappa shape index (κ1) is 13.1. The molecule has 0 N–H and O–H groups in total. The van der Waals surface area contributed by atoms with Crippen molar-refractivity contribution in [1.29, 1.82) is 0 Å². The largest absolute Gasteiger partial charge is 0.330 e. The normalized spacial score (nSPS) is 18.0. The molecule has 4 heteroatoms. The number of benzene rings is 1. The molecule has 1 saturated heterocycles. The van der Waals surface area contributed by atoms with Crippen LogP contribution in [0.4, 0.5) is 0 Å². The summed E-state index contributed by atoms with van der Waals surface area (Å²) in [5.74, 6) is 0.111. The van der Waals surface area contributed by atoms with Crippen LogP contribution in [-0.2, 0) is 0 Å². The fourth-order valence-corrected chi connectivity index (χ4v) is 3.31. The van der Waals surface area contributed by atoms with Crippen molar-refractivity contribution < 1.29 is 4.79 Å². The molecule has 3 heterocycles. The van der Waals surface area contributed by atoms with Gasteiger partial charge in [0, 0.05) is 30.2 Å². The number of carbonyl (C=O) groups excluding carboxylic acids is 1. The SMILES string of the molecule is O=C(c1ccccc1)N1CCCC1c1cccc2nccn12. The molecule has 1 unspecified atom stereocenters. The number of aromatic nitrogens is 2. The summed E-state index contributed by atoms with van der Waals surface area (Å²) >= 11 is 0. The summed E-state index contributed by atoms with van der Waals surface area (Å²) in [6.07, 6.45) is 5.80. The van der Waals surface area contributed by atoms with Crippen molar-refractivity contribution in [2.45, 2.75) is 18.9 Å². The maximum absolute atomic E-state index is 12.8. The second-order valence-corrected chi connectivity index (χ2v) is 5.63. The topological polar surface area (TPSA) is 37.6 Å². The first-order chi connectivity index (χ1) is 10.8. The van der Waals surface area contributed by atoms with Gasteiger partial charge in [-0.05, 0) is 37.1 Å². The van der Waals surface area contributed by atoms with Gasteiger partial charge in [-0.25, -0.2) is 4.98 Å². The molecular formula is C18H17N3O. The molecule has 4 nitrogen and oxygen atoms in total. The molecule has 0 bridgehead atoms. The van der Waals surface area contributed by atoms with Crippen LogP contribution >= 0.6 is 0 Å². The van der Waals surface area contributed by atoms with Crippen LogP contribution in [0.5, 0.6) is 0 Å². The summed E-state index contributed by atoms with van der Waals surface area (Å²) < 4.78 is 2.08. The van der Waals surface area contributed by atoms with Crippen LogP contribution in [0.1, 0.15) is 34.9 Å². The number of carbonyl (C=O) groups is 1. The summed E-state index contributed by atoms with van der Waals surface area (Å²) in [5, 5.41) is 0. The van der Waals surface area contributed by atoms with Gasteiger partial charge in [0.2, 0.25) is 0 Å². The maximum atomic E-state index is 12.8. The van der Waals surface area contributed by atoms with Gasteiger partial charge >= 0.3 is 0 Å². The lowest BCUT2D eigenvalue weighted by atomic mass is 10.1. The van der Waals surface area contributed by atoms with Gasteiger partial charge < -0.3 is 9.30 Å². The van der Waals surface area contributed by atoms with Gasteiger partial charge in [-0.1, -0.05) is 24.3 Å². The summed E-state index contributed by atoms with van der Waals surface area (Å²) in [7, 11) is 0. The third kappa shape index (κ3) is 2.08. The lowest BCUT2D eigenvalue weighted by molar-refractivity contribution is 0.0732. The zero-order valence-corrected chi connectivity index (χ0v) is 12.2. The van der Waals surface area contributed by atoms with Gasteiger partial charge in [-0.15, -0.1) is 0 Å². The number of hydrogen-bond donors (Lipinski definition) is 0. The number of imidazole rings is 1. The Bertz CT molecular complexity index is 809. The minimum absolute atomic E-state index is 0.111. The highest BCUT2D eigenvalue weighted by atomic mass is 16.2. The molecule has 1 fully saturated rings. The lowest BCUT2D eigenvalue weighted by Gasteiger charge is -2.25. The molecule has 0 saturated carbocycles. The highest BCUT2D eigenvalue weighted by Crippen LogP contribution is 2.33. The quantitative estimate of drug-likeness (QED) is 0.726. The van der Waals surface area contributed by atoms with E-state index >= 15 is 0 Å². The van der Waals surface area contributed by atoms with Crippen LogP contribution in [0.15, 0.2) is 60.9 Å². The van der Waals surface area contributed by atoms with Crippen LogP contribution in [0.3, 0.4) is 0 Å². The Morgan fingerprint density at radius 1 is 1.09 bits per heavy atom. The van der Waals surface area contributed by atoms with Gasteiger partial charge in [-0.2, -0.15) is 0 Å². The van der Waals surface area contributed by atoms with Crippen LogP contribution in [0.2, 0.25) is 0 Å². The lowest BCUT2D eigenvalue weighted by Crippen LogP contribution is -2.31. The number of hydrogen-bond acceptors (Lipinski definition) is 2. The van der Waals surface area contributed by atoms with Crippen LogP contribution < -0.4 is 0 Å². The summed E-state index contributed by atoms with van der Waals surface area (Å²) in [6, 6.07) is 15.7. The van der Waals surface area contributed by atoms with Gasteiger partial charge in [0.15, 0.2) is 0 Å². The average molecular weight is 291 g/mol. The Labute approximate surface area is 129 Å². The molecule has 1 atom stereocenters. The van der Waals surface area contributed by atoms with Crippen LogP contribution in [0.25, 0.3) is 5.65 Å². The Morgan fingerprint density at radius 2 is 1.95 bits per heavy atom. The number of nitrogens with zero attached hydrogens (tertiary/aromatic N) is 3. The van der Waals surface area contributed by atoms with Crippen molar-refractivity contribution in [3.05, 3.63) is 72.2 Å². The highest BCUT2D eigenvalue weighted by molar-refractivity contribution is 5.94. The van der Waals surface area contributed by atoms with Gasteiger partial charge in [0.1, 0.15) is 5.65 Å². The van der Waals surface area contributed by atoms with E-state index in [0.717, 1.165) is 36.3 Å². The van der Waals surface area contributed by atoms with E-state index in [4.69, 9.17) is 0 Å².